The van der Waals surface area contributed by atoms with Gasteiger partial charge in [-0.2, -0.15) is 0 Å². The Labute approximate surface area is 97.8 Å². The topological polar surface area (TPSA) is 29.1 Å². The zero-order valence-corrected chi connectivity index (χ0v) is 10.0. The third-order valence-electron chi connectivity index (χ3n) is 3.32. The van der Waals surface area contributed by atoms with Crippen molar-refractivity contribution in [2.24, 2.45) is 11.8 Å². The lowest BCUT2D eigenvalue weighted by Gasteiger charge is -2.06. The monoisotopic (exact) mass is 219 g/mol. The fraction of sp³-hybridized carbons (Fsp3) is 0.643. The molecule has 2 nitrogen and oxygen atoms in total. The van der Waals surface area contributed by atoms with Crippen molar-refractivity contribution < 1.29 is 4.79 Å². The maximum Gasteiger partial charge on any atom is 0.220 e. The van der Waals surface area contributed by atoms with Crippen LogP contribution in [-0.2, 0) is 4.79 Å². The maximum absolute atomic E-state index is 11.4. The number of carbonyl (C=O) groups is 1. The van der Waals surface area contributed by atoms with E-state index in [1.807, 2.05) is 0 Å². The van der Waals surface area contributed by atoms with Gasteiger partial charge in [0.2, 0.25) is 5.91 Å². The van der Waals surface area contributed by atoms with E-state index >= 15 is 0 Å². The van der Waals surface area contributed by atoms with Gasteiger partial charge in [0.15, 0.2) is 0 Å². The minimum Gasteiger partial charge on any atom is -0.356 e. The molecule has 0 aromatic carbocycles. The average molecular weight is 219 g/mol. The predicted molar refractivity (Wildman–Crippen MR) is 66.0 cm³/mol. The lowest BCUT2D eigenvalue weighted by molar-refractivity contribution is -0.121. The molecule has 88 valence electrons. The van der Waals surface area contributed by atoms with E-state index < -0.39 is 0 Å². The normalized spacial score (nSPS) is 25.9. The van der Waals surface area contributed by atoms with E-state index in [4.69, 9.17) is 0 Å². The van der Waals surface area contributed by atoms with E-state index in [0.717, 1.165) is 37.6 Å². The van der Waals surface area contributed by atoms with Crippen molar-refractivity contribution in [3.05, 3.63) is 23.8 Å². The highest BCUT2D eigenvalue weighted by Crippen LogP contribution is 2.44. The molecule has 1 fully saturated rings. The van der Waals surface area contributed by atoms with Gasteiger partial charge in [-0.25, -0.2) is 0 Å². The maximum atomic E-state index is 11.4. The van der Waals surface area contributed by atoms with Crippen LogP contribution in [0, 0.1) is 11.8 Å². The molecule has 0 bridgehead atoms. The van der Waals surface area contributed by atoms with Crippen molar-refractivity contribution in [1.29, 1.82) is 0 Å². The summed E-state index contributed by atoms with van der Waals surface area (Å²) in [5, 5.41) is 2.91. The third-order valence-corrected chi connectivity index (χ3v) is 3.32. The quantitative estimate of drug-likeness (QED) is 0.731. The van der Waals surface area contributed by atoms with Crippen LogP contribution in [0.1, 0.15) is 39.0 Å². The molecule has 2 atom stereocenters. The van der Waals surface area contributed by atoms with Crippen molar-refractivity contribution in [3.8, 4) is 0 Å². The van der Waals surface area contributed by atoms with Crippen molar-refractivity contribution in [1.82, 2.24) is 5.32 Å². The van der Waals surface area contributed by atoms with Gasteiger partial charge in [0.1, 0.15) is 0 Å². The molecule has 0 aliphatic heterocycles. The molecule has 1 amide bonds. The first-order chi connectivity index (χ1) is 7.79. The molecule has 2 aliphatic carbocycles. The van der Waals surface area contributed by atoms with Gasteiger partial charge in [-0.05, 0) is 37.5 Å². The molecule has 1 N–H and O–H groups in total. The summed E-state index contributed by atoms with van der Waals surface area (Å²) in [5.74, 6) is 1.87. The Balaban J connectivity index is 1.61. The van der Waals surface area contributed by atoms with E-state index in [1.165, 1.54) is 12.0 Å². The van der Waals surface area contributed by atoms with Crippen LogP contribution in [-0.4, -0.2) is 12.5 Å². The second kappa shape index (κ2) is 5.33. The molecule has 1 saturated carbocycles. The van der Waals surface area contributed by atoms with Crippen LogP contribution in [0.2, 0.25) is 0 Å². The Morgan fingerprint density at radius 3 is 3.12 bits per heavy atom. The standard InChI is InChI=1S/C14H21NO/c1-2-8-15-14(16)5-3-4-11-6-7-12-10-13(12)9-11/h6-7,9,12-13H,2-5,8,10H2,1H3,(H,15,16). The van der Waals surface area contributed by atoms with Gasteiger partial charge in [0.05, 0.1) is 0 Å². The number of carbonyl (C=O) groups excluding carboxylic acids is 1. The molecular weight excluding hydrogens is 198 g/mol. The van der Waals surface area contributed by atoms with Crippen LogP contribution in [0.15, 0.2) is 23.8 Å². The Bertz CT molecular complexity index is 317. The van der Waals surface area contributed by atoms with Gasteiger partial charge in [0.25, 0.3) is 0 Å². The van der Waals surface area contributed by atoms with E-state index in [1.54, 1.807) is 0 Å². The number of fused-ring (bicyclic) bond motifs is 1. The van der Waals surface area contributed by atoms with Gasteiger partial charge in [-0.3, -0.25) is 4.79 Å². The summed E-state index contributed by atoms with van der Waals surface area (Å²) in [6.45, 7) is 2.88. The predicted octanol–water partition coefficient (Wildman–Crippen LogP) is 2.82. The number of rotatable bonds is 6. The number of hydrogen-bond donors (Lipinski definition) is 1. The van der Waals surface area contributed by atoms with Gasteiger partial charge in [-0.1, -0.05) is 30.7 Å². The van der Waals surface area contributed by atoms with Crippen molar-refractivity contribution in [3.63, 3.8) is 0 Å². The Hall–Kier alpha value is -1.05. The van der Waals surface area contributed by atoms with Crippen molar-refractivity contribution >= 4 is 5.91 Å². The van der Waals surface area contributed by atoms with Crippen LogP contribution in [0.4, 0.5) is 0 Å². The Morgan fingerprint density at radius 2 is 2.38 bits per heavy atom. The Morgan fingerprint density at radius 1 is 1.50 bits per heavy atom. The van der Waals surface area contributed by atoms with E-state index in [2.05, 4.69) is 30.5 Å². The second-order valence-corrected chi connectivity index (χ2v) is 4.87. The fourth-order valence-electron chi connectivity index (χ4n) is 2.20. The zero-order chi connectivity index (χ0) is 11.4. The summed E-state index contributed by atoms with van der Waals surface area (Å²) in [7, 11) is 0. The van der Waals surface area contributed by atoms with Crippen LogP contribution < -0.4 is 5.32 Å². The first-order valence-electron chi connectivity index (χ1n) is 6.45. The minimum atomic E-state index is 0.200. The molecule has 0 heterocycles. The number of amides is 1. The largest absolute Gasteiger partial charge is 0.356 e. The highest BCUT2D eigenvalue weighted by atomic mass is 16.1. The van der Waals surface area contributed by atoms with Gasteiger partial charge >= 0.3 is 0 Å². The second-order valence-electron chi connectivity index (χ2n) is 4.87. The van der Waals surface area contributed by atoms with Crippen LogP contribution >= 0.6 is 0 Å². The van der Waals surface area contributed by atoms with Crippen LogP contribution in [0.25, 0.3) is 0 Å². The molecule has 0 spiro atoms. The molecule has 2 aliphatic rings. The lowest BCUT2D eigenvalue weighted by Crippen LogP contribution is -2.23. The smallest absolute Gasteiger partial charge is 0.220 e. The SMILES string of the molecule is CCCNC(=O)CCCC1=CC2CC2C=C1. The summed E-state index contributed by atoms with van der Waals surface area (Å²) < 4.78 is 0. The highest BCUT2D eigenvalue weighted by Gasteiger charge is 2.34. The molecule has 2 unspecified atom stereocenters. The molecular formula is C14H21NO. The molecule has 2 heteroatoms. The van der Waals surface area contributed by atoms with Crippen LogP contribution in [0.5, 0.6) is 0 Å². The summed E-state index contributed by atoms with van der Waals surface area (Å²) in [6.07, 6.45) is 12.0. The Kier molecular flexibility index (Phi) is 3.81. The average Bonchev–Trinajstić information content (AvgIpc) is 3.04. The van der Waals surface area contributed by atoms with Crippen molar-refractivity contribution in [2.75, 3.05) is 6.54 Å². The summed E-state index contributed by atoms with van der Waals surface area (Å²) in [4.78, 5) is 11.4. The van der Waals surface area contributed by atoms with Gasteiger partial charge in [-0.15, -0.1) is 0 Å². The van der Waals surface area contributed by atoms with Crippen LogP contribution in [0.3, 0.4) is 0 Å². The van der Waals surface area contributed by atoms with E-state index in [9.17, 15) is 4.79 Å². The number of allylic oxidation sites excluding steroid dienone is 4. The summed E-state index contributed by atoms with van der Waals surface area (Å²) in [5.41, 5.74) is 1.43. The summed E-state index contributed by atoms with van der Waals surface area (Å²) >= 11 is 0. The number of hydrogen-bond acceptors (Lipinski definition) is 1. The van der Waals surface area contributed by atoms with Crippen molar-refractivity contribution in [2.45, 2.75) is 39.0 Å². The van der Waals surface area contributed by atoms with E-state index in [-0.39, 0.29) is 5.91 Å². The molecule has 16 heavy (non-hydrogen) atoms. The number of nitrogens with one attached hydrogen (secondary N) is 1. The lowest BCUT2D eigenvalue weighted by atomic mass is 10.0. The highest BCUT2D eigenvalue weighted by molar-refractivity contribution is 5.75. The molecule has 0 saturated heterocycles. The summed E-state index contributed by atoms with van der Waals surface area (Å²) in [6, 6.07) is 0. The first kappa shape index (κ1) is 11.4. The van der Waals surface area contributed by atoms with Gasteiger partial charge in [0, 0.05) is 13.0 Å². The minimum absolute atomic E-state index is 0.200. The molecule has 0 radical (unpaired) electrons. The van der Waals surface area contributed by atoms with Gasteiger partial charge < -0.3 is 5.32 Å². The molecule has 2 rings (SSSR count). The molecule has 0 aromatic rings. The molecule has 0 aromatic heterocycles. The first-order valence-corrected chi connectivity index (χ1v) is 6.45. The fourth-order valence-corrected chi connectivity index (χ4v) is 2.20. The zero-order valence-electron chi connectivity index (χ0n) is 10.0. The van der Waals surface area contributed by atoms with E-state index in [0.29, 0.717) is 6.42 Å². The third kappa shape index (κ3) is 3.22.